The number of nitrogens with two attached hydrogens (primary N) is 1. The quantitative estimate of drug-likeness (QED) is 0.661. The van der Waals surface area contributed by atoms with Gasteiger partial charge in [0.2, 0.25) is 0 Å². The van der Waals surface area contributed by atoms with E-state index in [1.165, 1.54) is 13.0 Å². The van der Waals surface area contributed by atoms with E-state index >= 15 is 0 Å². The average molecular weight is 287 g/mol. The molecule has 2 aromatic rings. The van der Waals surface area contributed by atoms with Crippen LogP contribution in [0.5, 0.6) is 0 Å². The first kappa shape index (κ1) is 14.5. The second kappa shape index (κ2) is 5.20. The van der Waals surface area contributed by atoms with Gasteiger partial charge < -0.3 is 5.73 Å². The first-order valence-corrected chi connectivity index (χ1v) is 5.67. The van der Waals surface area contributed by atoms with Crippen molar-refractivity contribution in [1.82, 2.24) is 0 Å². The summed E-state index contributed by atoms with van der Waals surface area (Å²) in [6, 6.07) is 2.00. The van der Waals surface area contributed by atoms with Crippen LogP contribution in [0.15, 0.2) is 24.3 Å². The standard InChI is InChI=1S/C14H10F5N/c1-6-2-3-8(15)11(12(6)18)14(20)7-4-9(16)13(19)10(17)5-7/h2-5,14H,20H2,1H3. The molecular formula is C14H10F5N. The zero-order chi connectivity index (χ0) is 15.0. The molecule has 0 saturated carbocycles. The van der Waals surface area contributed by atoms with Gasteiger partial charge in [-0.15, -0.1) is 0 Å². The molecule has 2 rings (SSSR count). The van der Waals surface area contributed by atoms with Gasteiger partial charge in [-0.3, -0.25) is 0 Å². The Morgan fingerprint density at radius 2 is 1.40 bits per heavy atom. The molecule has 2 aromatic carbocycles. The van der Waals surface area contributed by atoms with Crippen LogP contribution in [-0.4, -0.2) is 0 Å². The van der Waals surface area contributed by atoms with E-state index in [1.54, 1.807) is 0 Å². The molecule has 0 aliphatic rings. The number of rotatable bonds is 2. The predicted octanol–water partition coefficient (Wildman–Crippen LogP) is 3.74. The van der Waals surface area contributed by atoms with E-state index in [2.05, 4.69) is 0 Å². The second-order valence-corrected chi connectivity index (χ2v) is 4.37. The van der Waals surface area contributed by atoms with Crippen molar-refractivity contribution >= 4 is 0 Å². The van der Waals surface area contributed by atoms with Crippen LogP contribution >= 0.6 is 0 Å². The summed E-state index contributed by atoms with van der Waals surface area (Å²) in [5.74, 6) is -6.44. The minimum atomic E-state index is -1.66. The largest absolute Gasteiger partial charge is 0.320 e. The van der Waals surface area contributed by atoms with E-state index in [0.29, 0.717) is 12.1 Å². The van der Waals surface area contributed by atoms with Gasteiger partial charge in [-0.2, -0.15) is 0 Å². The van der Waals surface area contributed by atoms with Gasteiger partial charge in [0.1, 0.15) is 11.6 Å². The van der Waals surface area contributed by atoms with Crippen LogP contribution in [0.3, 0.4) is 0 Å². The highest BCUT2D eigenvalue weighted by atomic mass is 19.2. The molecule has 1 atom stereocenters. The summed E-state index contributed by atoms with van der Waals surface area (Å²) in [7, 11) is 0. The van der Waals surface area contributed by atoms with E-state index in [9.17, 15) is 22.0 Å². The Balaban J connectivity index is 2.57. The van der Waals surface area contributed by atoms with Gasteiger partial charge >= 0.3 is 0 Å². The van der Waals surface area contributed by atoms with E-state index in [0.717, 1.165) is 6.07 Å². The van der Waals surface area contributed by atoms with Crippen molar-refractivity contribution < 1.29 is 22.0 Å². The molecule has 0 bridgehead atoms. The molecule has 0 saturated heterocycles. The molecule has 0 heterocycles. The maximum absolute atomic E-state index is 13.9. The lowest BCUT2D eigenvalue weighted by Crippen LogP contribution is -2.17. The van der Waals surface area contributed by atoms with Crippen molar-refractivity contribution in [2.45, 2.75) is 13.0 Å². The molecule has 1 nitrogen and oxygen atoms in total. The molecule has 20 heavy (non-hydrogen) atoms. The fraction of sp³-hybridized carbons (Fsp3) is 0.143. The molecule has 2 N–H and O–H groups in total. The lowest BCUT2D eigenvalue weighted by atomic mass is 9.96. The Morgan fingerprint density at radius 1 is 0.850 bits per heavy atom. The minimum Gasteiger partial charge on any atom is -0.320 e. The fourth-order valence-electron chi connectivity index (χ4n) is 1.88. The molecule has 6 heteroatoms. The lowest BCUT2D eigenvalue weighted by molar-refractivity contribution is 0.443. The van der Waals surface area contributed by atoms with Crippen molar-refractivity contribution in [3.8, 4) is 0 Å². The molecule has 0 aliphatic carbocycles. The van der Waals surface area contributed by atoms with Gasteiger partial charge in [0.05, 0.1) is 6.04 Å². The summed E-state index contributed by atoms with van der Waals surface area (Å²) >= 11 is 0. The first-order valence-electron chi connectivity index (χ1n) is 5.67. The van der Waals surface area contributed by atoms with E-state index in [-0.39, 0.29) is 11.1 Å². The normalized spacial score (nSPS) is 12.6. The van der Waals surface area contributed by atoms with Gasteiger partial charge in [-0.05, 0) is 36.2 Å². The second-order valence-electron chi connectivity index (χ2n) is 4.37. The van der Waals surface area contributed by atoms with Gasteiger partial charge in [0.25, 0.3) is 0 Å². The van der Waals surface area contributed by atoms with Crippen LogP contribution in [0, 0.1) is 36.0 Å². The Kier molecular flexibility index (Phi) is 3.76. The number of hydrogen-bond acceptors (Lipinski definition) is 1. The van der Waals surface area contributed by atoms with Crippen molar-refractivity contribution in [2.24, 2.45) is 5.73 Å². The van der Waals surface area contributed by atoms with Crippen molar-refractivity contribution in [1.29, 1.82) is 0 Å². The van der Waals surface area contributed by atoms with E-state index in [1.807, 2.05) is 0 Å². The number of aryl methyl sites for hydroxylation is 1. The Bertz CT molecular complexity index is 646. The maximum atomic E-state index is 13.9. The molecule has 0 fully saturated rings. The molecule has 0 amide bonds. The first-order chi connectivity index (χ1) is 9.32. The summed E-state index contributed by atoms with van der Waals surface area (Å²) < 4.78 is 66.7. The molecular weight excluding hydrogens is 277 g/mol. The lowest BCUT2D eigenvalue weighted by Gasteiger charge is -2.16. The van der Waals surface area contributed by atoms with Gasteiger partial charge in [0, 0.05) is 5.56 Å². The highest BCUT2D eigenvalue weighted by Crippen LogP contribution is 2.28. The third-order valence-electron chi connectivity index (χ3n) is 3.00. The van der Waals surface area contributed by atoms with E-state index < -0.39 is 40.7 Å². The third kappa shape index (κ3) is 2.38. The molecule has 106 valence electrons. The van der Waals surface area contributed by atoms with Crippen molar-refractivity contribution in [3.05, 3.63) is 70.0 Å². The van der Waals surface area contributed by atoms with Gasteiger partial charge in [-0.1, -0.05) is 6.07 Å². The molecule has 0 aromatic heterocycles. The fourth-order valence-corrected chi connectivity index (χ4v) is 1.88. The molecule has 1 unspecified atom stereocenters. The average Bonchev–Trinajstić information content (AvgIpc) is 2.40. The number of benzene rings is 2. The van der Waals surface area contributed by atoms with Crippen molar-refractivity contribution in [2.75, 3.05) is 0 Å². The smallest absolute Gasteiger partial charge is 0.194 e. The van der Waals surface area contributed by atoms with Crippen molar-refractivity contribution in [3.63, 3.8) is 0 Å². The van der Waals surface area contributed by atoms with Gasteiger partial charge in [-0.25, -0.2) is 22.0 Å². The monoisotopic (exact) mass is 287 g/mol. The zero-order valence-corrected chi connectivity index (χ0v) is 10.4. The maximum Gasteiger partial charge on any atom is 0.194 e. The highest BCUT2D eigenvalue weighted by Gasteiger charge is 2.22. The topological polar surface area (TPSA) is 26.0 Å². The summed E-state index contributed by atoms with van der Waals surface area (Å²) in [4.78, 5) is 0. The number of halogens is 5. The Hall–Kier alpha value is -1.95. The Morgan fingerprint density at radius 3 is 1.95 bits per heavy atom. The zero-order valence-electron chi connectivity index (χ0n) is 10.4. The van der Waals surface area contributed by atoms with Crippen LogP contribution in [0.2, 0.25) is 0 Å². The van der Waals surface area contributed by atoms with Gasteiger partial charge in [0.15, 0.2) is 17.5 Å². The summed E-state index contributed by atoms with van der Waals surface area (Å²) in [6.45, 7) is 1.40. The highest BCUT2D eigenvalue weighted by molar-refractivity contribution is 5.36. The molecule has 0 spiro atoms. The molecule has 0 aliphatic heterocycles. The molecule has 0 radical (unpaired) electrons. The summed E-state index contributed by atoms with van der Waals surface area (Å²) in [5.41, 5.74) is 5.00. The summed E-state index contributed by atoms with van der Waals surface area (Å²) in [5, 5.41) is 0. The van der Waals surface area contributed by atoms with Crippen LogP contribution < -0.4 is 5.73 Å². The predicted molar refractivity (Wildman–Crippen MR) is 63.4 cm³/mol. The van der Waals surface area contributed by atoms with Crippen LogP contribution in [0.4, 0.5) is 22.0 Å². The minimum absolute atomic E-state index is 0.139. The Labute approximate surface area is 111 Å². The van der Waals surface area contributed by atoms with Crippen LogP contribution in [0.25, 0.3) is 0 Å². The summed E-state index contributed by atoms with van der Waals surface area (Å²) in [6.07, 6.45) is 0. The SMILES string of the molecule is Cc1ccc(F)c(C(N)c2cc(F)c(F)c(F)c2)c1F. The van der Waals surface area contributed by atoms with Crippen LogP contribution in [0.1, 0.15) is 22.7 Å². The number of hydrogen-bond donors (Lipinski definition) is 1. The van der Waals surface area contributed by atoms with E-state index in [4.69, 9.17) is 5.73 Å². The third-order valence-corrected chi connectivity index (χ3v) is 3.00. The van der Waals surface area contributed by atoms with Crippen LogP contribution in [-0.2, 0) is 0 Å².